The average Bonchev–Trinajstić information content (AvgIpc) is 2.57. The molecular formula is C17H38O6. The lowest BCUT2D eigenvalue weighted by atomic mass is 10.4. The van der Waals surface area contributed by atoms with Crippen molar-refractivity contribution in [3.63, 3.8) is 0 Å². The van der Waals surface area contributed by atoms with Crippen LogP contribution in [0.25, 0.3) is 0 Å². The average molecular weight is 338 g/mol. The van der Waals surface area contributed by atoms with Gasteiger partial charge in [-0.25, -0.2) is 0 Å². The number of aliphatic hydroxyl groups is 2. The second kappa shape index (κ2) is 21.8. The van der Waals surface area contributed by atoms with Crippen LogP contribution >= 0.6 is 0 Å². The molecule has 0 spiro atoms. The van der Waals surface area contributed by atoms with Crippen molar-refractivity contribution < 1.29 is 29.2 Å². The van der Waals surface area contributed by atoms with Gasteiger partial charge in [-0.15, -0.1) is 0 Å². The van der Waals surface area contributed by atoms with Gasteiger partial charge in [0, 0.05) is 13.2 Å². The van der Waals surface area contributed by atoms with Gasteiger partial charge in [-0.1, -0.05) is 20.3 Å². The van der Waals surface area contributed by atoms with E-state index in [2.05, 4.69) is 13.8 Å². The van der Waals surface area contributed by atoms with Crippen molar-refractivity contribution in [3.8, 4) is 0 Å². The van der Waals surface area contributed by atoms with Gasteiger partial charge in [0.1, 0.15) is 0 Å². The number of ether oxygens (including phenoxy) is 4. The van der Waals surface area contributed by atoms with E-state index in [-0.39, 0.29) is 25.4 Å². The van der Waals surface area contributed by atoms with Gasteiger partial charge in [0.15, 0.2) is 0 Å². The maximum Gasteiger partial charge on any atom is 0.0780 e. The van der Waals surface area contributed by atoms with E-state index in [1.807, 2.05) is 13.8 Å². The largest absolute Gasteiger partial charge is 0.394 e. The van der Waals surface area contributed by atoms with Crippen LogP contribution in [0.2, 0.25) is 0 Å². The molecule has 0 rings (SSSR count). The van der Waals surface area contributed by atoms with Crippen LogP contribution in [0.4, 0.5) is 0 Å². The molecule has 0 radical (unpaired) electrons. The van der Waals surface area contributed by atoms with Crippen LogP contribution in [-0.2, 0) is 18.9 Å². The highest BCUT2D eigenvalue weighted by atomic mass is 16.5. The molecule has 0 saturated heterocycles. The highest BCUT2D eigenvalue weighted by molar-refractivity contribution is 4.50. The molecule has 0 aliphatic rings. The molecule has 0 aromatic heterocycles. The first-order valence-electron chi connectivity index (χ1n) is 8.72. The lowest BCUT2D eigenvalue weighted by Crippen LogP contribution is -2.22. The first kappa shape index (κ1) is 25.0. The minimum Gasteiger partial charge on any atom is -0.394 e. The van der Waals surface area contributed by atoms with Gasteiger partial charge in [-0.05, 0) is 26.7 Å². The summed E-state index contributed by atoms with van der Waals surface area (Å²) in [5, 5.41) is 17.0. The number of unbranched alkanes of at least 4 members (excludes halogenated alkanes) is 1. The number of rotatable bonds is 15. The van der Waals surface area contributed by atoms with Gasteiger partial charge in [-0.3, -0.25) is 0 Å². The van der Waals surface area contributed by atoms with Gasteiger partial charge in [0.25, 0.3) is 0 Å². The molecule has 2 atom stereocenters. The fourth-order valence-corrected chi connectivity index (χ4v) is 1.35. The summed E-state index contributed by atoms with van der Waals surface area (Å²) in [7, 11) is 0. The van der Waals surface area contributed by atoms with Gasteiger partial charge < -0.3 is 29.2 Å². The number of aliphatic hydroxyl groups excluding tert-OH is 2. The van der Waals surface area contributed by atoms with Crippen molar-refractivity contribution in [1.82, 2.24) is 0 Å². The normalized spacial score (nSPS) is 13.3. The summed E-state index contributed by atoms with van der Waals surface area (Å²) in [5.41, 5.74) is 0. The standard InChI is InChI=1S/C9H20O3.C8H18O3/c1-4-5-11-9(3)7-12-8(2)6-10;1-2-3-5-10-7-8-11-6-4-9/h8-10H,4-7H2,1-3H3;9H,2-8H2,1H3. The van der Waals surface area contributed by atoms with E-state index in [4.69, 9.17) is 29.2 Å². The molecule has 0 aliphatic carbocycles. The van der Waals surface area contributed by atoms with Crippen LogP contribution in [0.3, 0.4) is 0 Å². The highest BCUT2D eigenvalue weighted by Crippen LogP contribution is 1.96. The third-order valence-electron chi connectivity index (χ3n) is 2.73. The van der Waals surface area contributed by atoms with Crippen LogP contribution in [0.1, 0.15) is 47.0 Å². The molecule has 2 unspecified atom stereocenters. The topological polar surface area (TPSA) is 77.4 Å². The van der Waals surface area contributed by atoms with E-state index in [9.17, 15) is 0 Å². The Morgan fingerprint density at radius 1 is 0.739 bits per heavy atom. The summed E-state index contributed by atoms with van der Waals surface area (Å²) in [6.07, 6.45) is 3.34. The van der Waals surface area contributed by atoms with Crippen molar-refractivity contribution in [2.75, 3.05) is 52.9 Å². The Morgan fingerprint density at radius 2 is 1.39 bits per heavy atom. The molecule has 142 valence electrons. The van der Waals surface area contributed by atoms with Crippen LogP contribution < -0.4 is 0 Å². The molecule has 6 nitrogen and oxygen atoms in total. The molecule has 23 heavy (non-hydrogen) atoms. The van der Waals surface area contributed by atoms with Crippen molar-refractivity contribution in [2.24, 2.45) is 0 Å². The van der Waals surface area contributed by atoms with Crippen LogP contribution in [0.15, 0.2) is 0 Å². The summed E-state index contributed by atoms with van der Waals surface area (Å²) < 4.78 is 20.9. The first-order chi connectivity index (χ1) is 11.1. The fourth-order valence-electron chi connectivity index (χ4n) is 1.35. The van der Waals surface area contributed by atoms with E-state index < -0.39 is 0 Å². The zero-order valence-corrected chi connectivity index (χ0v) is 15.5. The summed E-state index contributed by atoms with van der Waals surface area (Å²) >= 11 is 0. The van der Waals surface area contributed by atoms with Crippen LogP contribution in [0, 0.1) is 0 Å². The van der Waals surface area contributed by atoms with Crippen molar-refractivity contribution >= 4 is 0 Å². The third-order valence-corrected chi connectivity index (χ3v) is 2.73. The second-order valence-corrected chi connectivity index (χ2v) is 5.31. The lowest BCUT2D eigenvalue weighted by Gasteiger charge is -2.15. The molecule has 0 heterocycles. The van der Waals surface area contributed by atoms with Gasteiger partial charge >= 0.3 is 0 Å². The van der Waals surface area contributed by atoms with Gasteiger partial charge in [-0.2, -0.15) is 0 Å². The van der Waals surface area contributed by atoms with Crippen molar-refractivity contribution in [1.29, 1.82) is 0 Å². The van der Waals surface area contributed by atoms with Gasteiger partial charge in [0.2, 0.25) is 0 Å². The zero-order chi connectivity index (χ0) is 17.8. The molecule has 0 aromatic rings. The predicted molar refractivity (Wildman–Crippen MR) is 91.8 cm³/mol. The SMILES string of the molecule is CCCCOCCOCCO.CCCOC(C)COC(C)CO. The molecule has 2 N–H and O–H groups in total. The molecule has 0 aromatic carbocycles. The van der Waals surface area contributed by atoms with Crippen LogP contribution in [-0.4, -0.2) is 75.3 Å². The number of hydrogen-bond donors (Lipinski definition) is 2. The van der Waals surface area contributed by atoms with Gasteiger partial charge in [0.05, 0.1) is 51.8 Å². The monoisotopic (exact) mass is 338 g/mol. The van der Waals surface area contributed by atoms with E-state index >= 15 is 0 Å². The minimum absolute atomic E-state index is 0.0699. The van der Waals surface area contributed by atoms with E-state index in [1.54, 1.807) is 0 Å². The van der Waals surface area contributed by atoms with Crippen molar-refractivity contribution in [3.05, 3.63) is 0 Å². The molecule has 6 heteroatoms. The Kier molecular flexibility index (Phi) is 23.7. The predicted octanol–water partition coefficient (Wildman–Crippen LogP) is 2.01. The smallest absolute Gasteiger partial charge is 0.0780 e. The zero-order valence-electron chi connectivity index (χ0n) is 15.5. The Hall–Kier alpha value is -0.240. The Labute approximate surface area is 142 Å². The molecular weight excluding hydrogens is 300 g/mol. The summed E-state index contributed by atoms with van der Waals surface area (Å²) in [4.78, 5) is 0. The first-order valence-corrected chi connectivity index (χ1v) is 8.72. The number of hydrogen-bond acceptors (Lipinski definition) is 6. The van der Waals surface area contributed by atoms with Crippen molar-refractivity contribution in [2.45, 2.75) is 59.2 Å². The summed E-state index contributed by atoms with van der Waals surface area (Å²) in [6, 6.07) is 0. The second-order valence-electron chi connectivity index (χ2n) is 5.31. The Bertz CT molecular complexity index is 196. The Morgan fingerprint density at radius 3 is 1.91 bits per heavy atom. The molecule has 0 aliphatic heterocycles. The minimum atomic E-state index is -0.0855. The van der Waals surface area contributed by atoms with E-state index in [0.29, 0.717) is 26.4 Å². The third kappa shape index (κ3) is 24.1. The lowest BCUT2D eigenvalue weighted by molar-refractivity contribution is -0.0451. The van der Waals surface area contributed by atoms with Crippen LogP contribution in [0.5, 0.6) is 0 Å². The van der Waals surface area contributed by atoms with E-state index in [1.165, 1.54) is 0 Å². The fraction of sp³-hybridized carbons (Fsp3) is 1.00. The van der Waals surface area contributed by atoms with E-state index in [0.717, 1.165) is 32.5 Å². The highest BCUT2D eigenvalue weighted by Gasteiger charge is 2.04. The quantitative estimate of drug-likeness (QED) is 0.445. The molecule has 0 saturated carbocycles. The molecule has 0 amide bonds. The molecule has 0 bridgehead atoms. The summed E-state index contributed by atoms with van der Waals surface area (Å²) in [6.45, 7) is 12.0. The maximum absolute atomic E-state index is 8.66. The maximum atomic E-state index is 8.66. The summed E-state index contributed by atoms with van der Waals surface area (Å²) in [5.74, 6) is 0. The Balaban J connectivity index is 0. The molecule has 0 fully saturated rings.